The average molecular weight is 251 g/mol. The van der Waals surface area contributed by atoms with Gasteiger partial charge in [0, 0.05) is 37.5 Å². The van der Waals surface area contributed by atoms with Crippen LogP contribution in [-0.4, -0.2) is 34.1 Å². The van der Waals surface area contributed by atoms with Gasteiger partial charge < -0.3 is 10.8 Å². The Morgan fingerprint density at radius 1 is 1.44 bits per heavy atom. The number of nitrogens with two attached hydrogens (primary N) is 1. The highest BCUT2D eigenvalue weighted by atomic mass is 16.6. The molecule has 0 atom stereocenters. The predicted octanol–water partition coefficient (Wildman–Crippen LogP) is 1.13. The summed E-state index contributed by atoms with van der Waals surface area (Å²) in [4.78, 5) is 12.5. The van der Waals surface area contributed by atoms with Crippen LogP contribution in [0.3, 0.4) is 0 Å². The molecule has 1 heterocycles. The number of rotatable bonds is 3. The Kier molecular flexibility index (Phi) is 3.78. The molecule has 0 spiro atoms. The molecule has 6 heteroatoms. The molecule has 3 N–H and O–H groups in total. The molecule has 0 bridgehead atoms. The SMILES string of the molecule is Nc1ccc([N+](=O)[O-])cc1CN1CCC(O)CC1. The van der Waals surface area contributed by atoms with E-state index in [0.29, 0.717) is 12.2 Å². The Bertz CT molecular complexity index is 442. The van der Waals surface area contributed by atoms with Crippen molar-refractivity contribution in [2.24, 2.45) is 0 Å². The second kappa shape index (κ2) is 5.32. The minimum Gasteiger partial charge on any atom is -0.398 e. The maximum atomic E-state index is 10.7. The topological polar surface area (TPSA) is 92.6 Å². The van der Waals surface area contributed by atoms with E-state index in [1.807, 2.05) is 0 Å². The van der Waals surface area contributed by atoms with Gasteiger partial charge in [0.2, 0.25) is 0 Å². The van der Waals surface area contributed by atoms with Gasteiger partial charge in [0.25, 0.3) is 5.69 Å². The fourth-order valence-electron chi connectivity index (χ4n) is 2.16. The van der Waals surface area contributed by atoms with Crippen LogP contribution in [0.5, 0.6) is 0 Å². The number of hydrogen-bond donors (Lipinski definition) is 2. The Balaban J connectivity index is 2.08. The smallest absolute Gasteiger partial charge is 0.269 e. The maximum absolute atomic E-state index is 10.7. The number of nitro groups is 1. The van der Waals surface area contributed by atoms with E-state index >= 15 is 0 Å². The summed E-state index contributed by atoms with van der Waals surface area (Å²) in [5, 5.41) is 20.1. The van der Waals surface area contributed by atoms with Crippen LogP contribution in [0.25, 0.3) is 0 Å². The molecule has 6 nitrogen and oxygen atoms in total. The Morgan fingerprint density at radius 2 is 2.11 bits per heavy atom. The Labute approximate surface area is 105 Å². The number of likely N-dealkylation sites (tertiary alicyclic amines) is 1. The van der Waals surface area contributed by atoms with E-state index in [9.17, 15) is 15.2 Å². The molecule has 0 aromatic heterocycles. The number of anilines is 1. The third-order valence-corrected chi connectivity index (χ3v) is 3.29. The summed E-state index contributed by atoms with van der Waals surface area (Å²) in [6.07, 6.45) is 1.27. The molecule has 1 aliphatic heterocycles. The zero-order chi connectivity index (χ0) is 13.1. The van der Waals surface area contributed by atoms with Gasteiger partial charge in [-0.25, -0.2) is 0 Å². The standard InChI is InChI=1S/C12H17N3O3/c13-12-2-1-10(15(17)18)7-9(12)8-14-5-3-11(16)4-6-14/h1-2,7,11,16H,3-6,8,13H2. The second-order valence-corrected chi connectivity index (χ2v) is 4.65. The van der Waals surface area contributed by atoms with Crippen LogP contribution in [0.2, 0.25) is 0 Å². The highest BCUT2D eigenvalue weighted by Gasteiger charge is 2.18. The molecule has 1 fully saturated rings. The van der Waals surface area contributed by atoms with E-state index < -0.39 is 4.92 Å². The first kappa shape index (κ1) is 12.8. The van der Waals surface area contributed by atoms with Crippen LogP contribution in [0.4, 0.5) is 11.4 Å². The van der Waals surface area contributed by atoms with Crippen molar-refractivity contribution in [3.63, 3.8) is 0 Å². The van der Waals surface area contributed by atoms with Crippen molar-refractivity contribution in [3.05, 3.63) is 33.9 Å². The third-order valence-electron chi connectivity index (χ3n) is 3.29. The fourth-order valence-corrected chi connectivity index (χ4v) is 2.16. The van der Waals surface area contributed by atoms with Crippen molar-refractivity contribution in [2.75, 3.05) is 18.8 Å². The van der Waals surface area contributed by atoms with Crippen molar-refractivity contribution in [1.29, 1.82) is 0 Å². The van der Waals surface area contributed by atoms with Gasteiger partial charge in [0.05, 0.1) is 11.0 Å². The highest BCUT2D eigenvalue weighted by Crippen LogP contribution is 2.22. The molecular formula is C12H17N3O3. The van der Waals surface area contributed by atoms with Crippen LogP contribution >= 0.6 is 0 Å². The molecule has 1 saturated heterocycles. The van der Waals surface area contributed by atoms with Gasteiger partial charge >= 0.3 is 0 Å². The molecule has 2 rings (SSSR count). The predicted molar refractivity (Wildman–Crippen MR) is 68.0 cm³/mol. The van der Waals surface area contributed by atoms with E-state index in [1.165, 1.54) is 12.1 Å². The highest BCUT2D eigenvalue weighted by molar-refractivity contribution is 5.52. The van der Waals surface area contributed by atoms with E-state index in [-0.39, 0.29) is 11.8 Å². The molecule has 1 aromatic carbocycles. The molecule has 0 saturated carbocycles. The minimum atomic E-state index is -0.414. The summed E-state index contributed by atoms with van der Waals surface area (Å²) < 4.78 is 0. The molecule has 0 aliphatic carbocycles. The first-order valence-corrected chi connectivity index (χ1v) is 5.99. The fraction of sp³-hybridized carbons (Fsp3) is 0.500. The normalized spacial score (nSPS) is 17.8. The first-order chi connectivity index (χ1) is 8.56. The monoisotopic (exact) mass is 251 g/mol. The van der Waals surface area contributed by atoms with E-state index in [0.717, 1.165) is 31.5 Å². The lowest BCUT2D eigenvalue weighted by molar-refractivity contribution is -0.384. The average Bonchev–Trinajstić information content (AvgIpc) is 2.34. The van der Waals surface area contributed by atoms with Crippen molar-refractivity contribution in [1.82, 2.24) is 4.90 Å². The summed E-state index contributed by atoms with van der Waals surface area (Å²) in [7, 11) is 0. The van der Waals surface area contributed by atoms with Crippen molar-refractivity contribution >= 4 is 11.4 Å². The van der Waals surface area contributed by atoms with Crippen LogP contribution < -0.4 is 5.73 Å². The maximum Gasteiger partial charge on any atom is 0.269 e. The van der Waals surface area contributed by atoms with Crippen molar-refractivity contribution < 1.29 is 10.0 Å². The van der Waals surface area contributed by atoms with Gasteiger partial charge in [-0.15, -0.1) is 0 Å². The molecule has 0 amide bonds. The van der Waals surface area contributed by atoms with Gasteiger partial charge in [-0.3, -0.25) is 15.0 Å². The summed E-state index contributed by atoms with van der Waals surface area (Å²) >= 11 is 0. The third kappa shape index (κ3) is 2.96. The van der Waals surface area contributed by atoms with Gasteiger partial charge in [0.1, 0.15) is 0 Å². The number of hydrogen-bond acceptors (Lipinski definition) is 5. The lowest BCUT2D eigenvalue weighted by Gasteiger charge is -2.29. The molecule has 1 aliphatic rings. The second-order valence-electron chi connectivity index (χ2n) is 4.65. The number of non-ortho nitro benzene ring substituents is 1. The molecule has 18 heavy (non-hydrogen) atoms. The lowest BCUT2D eigenvalue weighted by Crippen LogP contribution is -2.35. The molecular weight excluding hydrogens is 234 g/mol. The van der Waals surface area contributed by atoms with Gasteiger partial charge in [-0.1, -0.05) is 0 Å². The van der Waals surface area contributed by atoms with E-state index in [4.69, 9.17) is 5.73 Å². The minimum absolute atomic E-state index is 0.0660. The van der Waals surface area contributed by atoms with Crippen LogP contribution in [0.15, 0.2) is 18.2 Å². The number of nitrogens with zero attached hydrogens (tertiary/aromatic N) is 2. The molecule has 98 valence electrons. The quantitative estimate of drug-likeness (QED) is 0.477. The number of benzene rings is 1. The zero-order valence-corrected chi connectivity index (χ0v) is 10.1. The Hall–Kier alpha value is -1.66. The summed E-state index contributed by atoms with van der Waals surface area (Å²) in [5.74, 6) is 0. The van der Waals surface area contributed by atoms with Crippen LogP contribution in [0, 0.1) is 10.1 Å². The Morgan fingerprint density at radius 3 is 2.72 bits per heavy atom. The number of piperidine rings is 1. The number of aliphatic hydroxyl groups excluding tert-OH is 1. The van der Waals surface area contributed by atoms with Gasteiger partial charge in [-0.2, -0.15) is 0 Å². The molecule has 1 aromatic rings. The van der Waals surface area contributed by atoms with Gasteiger partial charge in [0.15, 0.2) is 0 Å². The van der Waals surface area contributed by atoms with Crippen molar-refractivity contribution in [3.8, 4) is 0 Å². The number of nitrogen functional groups attached to an aromatic ring is 1. The molecule has 0 unspecified atom stereocenters. The van der Waals surface area contributed by atoms with Crippen LogP contribution in [-0.2, 0) is 6.54 Å². The summed E-state index contributed by atoms with van der Waals surface area (Å²) in [6, 6.07) is 4.52. The van der Waals surface area contributed by atoms with E-state index in [1.54, 1.807) is 6.07 Å². The largest absolute Gasteiger partial charge is 0.398 e. The van der Waals surface area contributed by atoms with E-state index in [2.05, 4.69) is 4.90 Å². The first-order valence-electron chi connectivity index (χ1n) is 5.99. The summed E-state index contributed by atoms with van der Waals surface area (Å²) in [6.45, 7) is 2.19. The number of aliphatic hydroxyl groups is 1. The number of nitro benzene ring substituents is 1. The van der Waals surface area contributed by atoms with Crippen molar-refractivity contribution in [2.45, 2.75) is 25.5 Å². The van der Waals surface area contributed by atoms with Gasteiger partial charge in [-0.05, 0) is 24.5 Å². The zero-order valence-electron chi connectivity index (χ0n) is 10.1. The van der Waals surface area contributed by atoms with Crippen LogP contribution in [0.1, 0.15) is 18.4 Å². The molecule has 0 radical (unpaired) electrons. The summed E-state index contributed by atoms with van der Waals surface area (Å²) in [5.41, 5.74) is 7.26. The lowest BCUT2D eigenvalue weighted by atomic mass is 10.1.